The van der Waals surface area contributed by atoms with Gasteiger partial charge in [0.2, 0.25) is 5.91 Å². The average Bonchev–Trinajstić information content (AvgIpc) is 2.50. The van der Waals surface area contributed by atoms with Crippen LogP contribution in [0.1, 0.15) is 26.7 Å². The Labute approximate surface area is 133 Å². The largest absolute Gasteiger partial charge is 1.00 e. The molecule has 4 atom stereocenters. The minimum Gasteiger partial charge on any atom is -0.543 e. The van der Waals surface area contributed by atoms with Gasteiger partial charge in [-0.1, -0.05) is 13.3 Å². The molecular weight excluding hydrogens is 259 g/mol. The number of aliphatic hydroxyl groups excluding tert-OH is 1. The minimum atomic E-state index is -1.37. The van der Waals surface area contributed by atoms with Crippen molar-refractivity contribution < 1.29 is 49.4 Å². The van der Waals surface area contributed by atoms with Gasteiger partial charge in [0.1, 0.15) is 0 Å². The minimum absolute atomic E-state index is 0. The van der Waals surface area contributed by atoms with Crippen LogP contribution >= 0.6 is 0 Å². The first-order chi connectivity index (χ1) is 8.41. The van der Waals surface area contributed by atoms with Gasteiger partial charge in [0.05, 0.1) is 29.7 Å². The molecule has 2 aliphatic rings. The van der Waals surface area contributed by atoms with Crippen LogP contribution in [-0.4, -0.2) is 40.1 Å². The molecule has 0 aliphatic carbocycles. The first kappa shape index (κ1) is 16.7. The maximum Gasteiger partial charge on any atom is 1.00 e. The van der Waals surface area contributed by atoms with Crippen LogP contribution in [0.2, 0.25) is 0 Å². The fraction of sp³-hybridized carbons (Fsp3) is 0.667. The Balaban J connectivity index is 0.00000180. The van der Waals surface area contributed by atoms with E-state index in [1.807, 2.05) is 6.92 Å². The molecule has 6 nitrogen and oxygen atoms in total. The zero-order valence-corrected chi connectivity index (χ0v) is 13.4. The second-order valence-electron chi connectivity index (χ2n) is 4.90. The van der Waals surface area contributed by atoms with E-state index in [0.717, 1.165) is 6.42 Å². The molecule has 0 aromatic carbocycles. The Hall–Kier alpha value is -0.400. The summed E-state index contributed by atoms with van der Waals surface area (Å²) in [6, 6.07) is -0.956. The van der Waals surface area contributed by atoms with Gasteiger partial charge in [0, 0.05) is 6.04 Å². The zero-order valence-electron chi connectivity index (χ0n) is 11.4. The maximum atomic E-state index is 11.9. The Bertz CT molecular complexity index is 435. The zero-order chi connectivity index (χ0) is 13.6. The molecule has 2 aliphatic heterocycles. The van der Waals surface area contributed by atoms with E-state index >= 15 is 0 Å². The van der Waals surface area contributed by atoms with Crippen LogP contribution in [-0.2, 0) is 9.59 Å². The smallest absolute Gasteiger partial charge is 0.543 e. The third-order valence-corrected chi connectivity index (χ3v) is 3.74. The van der Waals surface area contributed by atoms with Crippen LogP contribution in [0.25, 0.3) is 0 Å². The average molecular weight is 276 g/mol. The van der Waals surface area contributed by atoms with Crippen molar-refractivity contribution in [1.29, 1.82) is 0 Å². The quantitative estimate of drug-likeness (QED) is 0.396. The molecule has 1 fully saturated rings. The first-order valence-electron chi connectivity index (χ1n) is 6.12. The van der Waals surface area contributed by atoms with Gasteiger partial charge in [0.15, 0.2) is 0 Å². The number of hydrogen-bond donors (Lipinski definition) is 2. The number of aliphatic carboxylic acids is 1. The maximum absolute atomic E-state index is 11.9. The number of carbonyl (C=O) groups is 2. The van der Waals surface area contributed by atoms with Crippen LogP contribution in [0.15, 0.2) is 11.3 Å². The van der Waals surface area contributed by atoms with E-state index in [1.54, 1.807) is 0 Å². The summed E-state index contributed by atoms with van der Waals surface area (Å²) < 4.78 is 0. The van der Waals surface area contributed by atoms with Gasteiger partial charge in [-0.05, 0) is 18.9 Å². The third kappa shape index (κ3) is 2.36. The topological polar surface area (TPSA) is 107 Å². The predicted octanol–water partition coefficient (Wildman–Crippen LogP) is -4.66. The van der Waals surface area contributed by atoms with Crippen molar-refractivity contribution in [2.24, 2.45) is 11.7 Å². The van der Waals surface area contributed by atoms with E-state index in [9.17, 15) is 19.8 Å². The van der Waals surface area contributed by atoms with Crippen LogP contribution in [0, 0.1) is 5.92 Å². The number of β-lactam (4-membered cyclic amide) rings is 1. The predicted molar refractivity (Wildman–Crippen MR) is 60.7 cm³/mol. The summed E-state index contributed by atoms with van der Waals surface area (Å²) in [7, 11) is 0. The Kier molecular flexibility index (Phi) is 5.20. The van der Waals surface area contributed by atoms with Gasteiger partial charge in [-0.3, -0.25) is 4.79 Å². The molecular formula is C12H17N2NaO4. The Morgan fingerprint density at radius 2 is 2.16 bits per heavy atom. The molecule has 0 radical (unpaired) electrons. The van der Waals surface area contributed by atoms with Gasteiger partial charge in [0.25, 0.3) is 0 Å². The molecule has 100 valence electrons. The van der Waals surface area contributed by atoms with Crippen LogP contribution in [0.5, 0.6) is 0 Å². The molecule has 2 heterocycles. The van der Waals surface area contributed by atoms with E-state index in [1.165, 1.54) is 11.8 Å². The van der Waals surface area contributed by atoms with E-state index < -0.39 is 30.1 Å². The van der Waals surface area contributed by atoms with Gasteiger partial charge in [-0.25, -0.2) is 0 Å². The van der Waals surface area contributed by atoms with Gasteiger partial charge >= 0.3 is 29.6 Å². The molecule has 4 unspecified atom stereocenters. The number of nitrogens with zero attached hydrogens (tertiary/aromatic N) is 1. The second-order valence-corrected chi connectivity index (χ2v) is 4.90. The fourth-order valence-electron chi connectivity index (χ4n) is 2.97. The normalized spacial score (nSPS) is 30.6. The molecule has 2 rings (SSSR count). The van der Waals surface area contributed by atoms with Crippen LogP contribution in [0.4, 0.5) is 0 Å². The van der Waals surface area contributed by atoms with Gasteiger partial charge < -0.3 is 25.6 Å². The summed E-state index contributed by atoms with van der Waals surface area (Å²) >= 11 is 0. The second kappa shape index (κ2) is 5.93. The SMILES string of the molecule is CCCC1=C(C(=O)[O-])N2C(=O)C(C(C)O)C2C1N.[Na+]. The first-order valence-corrected chi connectivity index (χ1v) is 6.12. The summed E-state index contributed by atoms with van der Waals surface area (Å²) in [4.78, 5) is 24.2. The van der Waals surface area contributed by atoms with E-state index in [0.29, 0.717) is 12.0 Å². The molecule has 0 aromatic rings. The van der Waals surface area contributed by atoms with Crippen molar-refractivity contribution in [2.75, 3.05) is 0 Å². The monoisotopic (exact) mass is 276 g/mol. The van der Waals surface area contributed by atoms with Crippen LogP contribution < -0.4 is 40.4 Å². The molecule has 0 saturated carbocycles. The Morgan fingerprint density at radius 1 is 1.58 bits per heavy atom. The van der Waals surface area contributed by atoms with Crippen molar-refractivity contribution >= 4 is 11.9 Å². The summed E-state index contributed by atoms with van der Waals surface area (Å²) in [6.45, 7) is 3.43. The molecule has 7 heteroatoms. The standard InChI is InChI=1S/C12H18N2O4.Na/c1-3-4-6-8(13)10-7(5(2)15)11(16)14(10)9(6)12(17)18;/h5,7-8,10,15H,3-4,13H2,1-2H3,(H,17,18);/q;+1/p-1. The van der Waals surface area contributed by atoms with Gasteiger partial charge in [-0.15, -0.1) is 0 Å². The van der Waals surface area contributed by atoms with E-state index in [2.05, 4.69) is 0 Å². The summed E-state index contributed by atoms with van der Waals surface area (Å²) in [5.74, 6) is -2.35. The summed E-state index contributed by atoms with van der Waals surface area (Å²) in [5.41, 5.74) is 6.48. The molecule has 19 heavy (non-hydrogen) atoms. The number of amides is 1. The van der Waals surface area contributed by atoms with Gasteiger partial charge in [-0.2, -0.15) is 0 Å². The number of hydrogen-bond acceptors (Lipinski definition) is 5. The van der Waals surface area contributed by atoms with Crippen molar-refractivity contribution in [3.8, 4) is 0 Å². The van der Waals surface area contributed by atoms with E-state index in [-0.39, 0.29) is 41.2 Å². The summed E-state index contributed by atoms with van der Waals surface area (Å²) in [6.07, 6.45) is 0.444. The molecule has 1 amide bonds. The van der Waals surface area contributed by atoms with E-state index in [4.69, 9.17) is 5.73 Å². The molecule has 3 N–H and O–H groups in total. The third-order valence-electron chi connectivity index (χ3n) is 3.74. The molecule has 0 bridgehead atoms. The Morgan fingerprint density at radius 3 is 2.58 bits per heavy atom. The van der Waals surface area contributed by atoms with Crippen molar-refractivity contribution in [1.82, 2.24) is 4.90 Å². The number of fused-ring (bicyclic) bond motifs is 1. The number of carbonyl (C=O) groups excluding carboxylic acids is 2. The number of carboxylic acid groups (broad SMARTS) is 1. The van der Waals surface area contributed by atoms with Crippen molar-refractivity contribution in [2.45, 2.75) is 44.9 Å². The molecule has 0 spiro atoms. The van der Waals surface area contributed by atoms with Crippen molar-refractivity contribution in [3.63, 3.8) is 0 Å². The summed E-state index contributed by atoms with van der Waals surface area (Å²) in [5, 5.41) is 20.7. The molecule has 1 saturated heterocycles. The van der Waals surface area contributed by atoms with Crippen molar-refractivity contribution in [3.05, 3.63) is 11.3 Å². The van der Waals surface area contributed by atoms with Crippen LogP contribution in [0.3, 0.4) is 0 Å². The number of rotatable bonds is 4. The number of nitrogens with two attached hydrogens (primary N) is 1. The molecule has 0 aromatic heterocycles. The number of aliphatic hydroxyl groups is 1. The fourth-order valence-corrected chi connectivity index (χ4v) is 2.97. The number of carboxylic acids is 1.